The van der Waals surface area contributed by atoms with E-state index in [2.05, 4.69) is 18.7 Å². The number of likely N-dealkylation sites (tertiary alicyclic amines) is 1. The number of nitrogens with zero attached hydrogens (tertiary/aromatic N) is 1. The van der Waals surface area contributed by atoms with Crippen molar-refractivity contribution in [3.05, 3.63) is 33.8 Å². The largest absolute Gasteiger partial charge is 0.328 e. The molecule has 1 aromatic carbocycles. The second-order valence-corrected chi connectivity index (χ2v) is 6.42. The van der Waals surface area contributed by atoms with E-state index in [0.29, 0.717) is 23.0 Å². The van der Waals surface area contributed by atoms with Gasteiger partial charge in [-0.1, -0.05) is 29.3 Å². The first-order valence-electron chi connectivity index (χ1n) is 6.93. The molecule has 114 valence electrons. The first-order chi connectivity index (χ1) is 8.99. The van der Waals surface area contributed by atoms with Crippen LogP contribution in [0.25, 0.3) is 0 Å². The Labute approximate surface area is 138 Å². The van der Waals surface area contributed by atoms with Crippen molar-refractivity contribution in [2.45, 2.75) is 38.8 Å². The number of hydrogen-bond acceptors (Lipinski definition) is 2. The molecule has 0 aliphatic carbocycles. The van der Waals surface area contributed by atoms with Crippen LogP contribution < -0.4 is 5.73 Å². The molecule has 1 saturated heterocycles. The van der Waals surface area contributed by atoms with Gasteiger partial charge in [-0.25, -0.2) is 0 Å². The second-order valence-electron chi connectivity index (χ2n) is 5.57. The summed E-state index contributed by atoms with van der Waals surface area (Å²) in [7, 11) is 0. The molecule has 1 heterocycles. The number of piperidine rings is 1. The fourth-order valence-corrected chi connectivity index (χ4v) is 3.44. The average molecular weight is 338 g/mol. The fraction of sp³-hybridized carbons (Fsp3) is 0.600. The molecule has 0 radical (unpaired) electrons. The SMILES string of the molecule is CC(N)C1CCN(C(C)c2ccc(Cl)cc2Cl)CC1.Cl. The van der Waals surface area contributed by atoms with Gasteiger partial charge in [0.25, 0.3) is 0 Å². The molecule has 1 aliphatic rings. The topological polar surface area (TPSA) is 29.3 Å². The minimum atomic E-state index is 0. The zero-order valence-electron chi connectivity index (χ0n) is 12.0. The van der Waals surface area contributed by atoms with Crippen molar-refractivity contribution in [2.24, 2.45) is 11.7 Å². The molecule has 1 aliphatic heterocycles. The Kier molecular flexibility index (Phi) is 7.10. The van der Waals surface area contributed by atoms with Crippen LogP contribution in [0.3, 0.4) is 0 Å². The summed E-state index contributed by atoms with van der Waals surface area (Å²) < 4.78 is 0. The van der Waals surface area contributed by atoms with Crippen molar-refractivity contribution in [2.75, 3.05) is 13.1 Å². The van der Waals surface area contributed by atoms with Gasteiger partial charge in [-0.05, 0) is 63.4 Å². The molecule has 2 nitrogen and oxygen atoms in total. The van der Waals surface area contributed by atoms with Gasteiger partial charge >= 0.3 is 0 Å². The smallest absolute Gasteiger partial charge is 0.0468 e. The lowest BCUT2D eigenvalue weighted by molar-refractivity contribution is 0.132. The normalized spacial score (nSPS) is 20.2. The van der Waals surface area contributed by atoms with Crippen LogP contribution in [-0.4, -0.2) is 24.0 Å². The summed E-state index contributed by atoms with van der Waals surface area (Å²) in [4.78, 5) is 2.48. The summed E-state index contributed by atoms with van der Waals surface area (Å²) in [5, 5.41) is 1.45. The molecule has 0 spiro atoms. The van der Waals surface area contributed by atoms with Crippen molar-refractivity contribution < 1.29 is 0 Å². The van der Waals surface area contributed by atoms with E-state index in [1.165, 1.54) is 12.8 Å². The highest BCUT2D eigenvalue weighted by molar-refractivity contribution is 6.35. The van der Waals surface area contributed by atoms with Crippen LogP contribution in [0.2, 0.25) is 10.0 Å². The molecule has 5 heteroatoms. The zero-order valence-corrected chi connectivity index (χ0v) is 14.3. The summed E-state index contributed by atoms with van der Waals surface area (Å²) in [5.74, 6) is 0.657. The van der Waals surface area contributed by atoms with Gasteiger partial charge in [0.05, 0.1) is 0 Å². The van der Waals surface area contributed by atoms with Crippen LogP contribution in [0.15, 0.2) is 18.2 Å². The van der Waals surface area contributed by atoms with Gasteiger partial charge in [-0.3, -0.25) is 4.90 Å². The van der Waals surface area contributed by atoms with Crippen LogP contribution in [-0.2, 0) is 0 Å². The third kappa shape index (κ3) is 4.25. The highest BCUT2D eigenvalue weighted by Gasteiger charge is 2.26. The van der Waals surface area contributed by atoms with E-state index in [4.69, 9.17) is 28.9 Å². The lowest BCUT2D eigenvalue weighted by Crippen LogP contribution is -2.40. The van der Waals surface area contributed by atoms with Gasteiger partial charge in [0.15, 0.2) is 0 Å². The van der Waals surface area contributed by atoms with Crippen LogP contribution in [0.4, 0.5) is 0 Å². The molecular formula is C15H23Cl3N2. The van der Waals surface area contributed by atoms with Gasteiger partial charge in [-0.15, -0.1) is 12.4 Å². The molecule has 2 N–H and O–H groups in total. The molecule has 2 atom stereocenters. The fourth-order valence-electron chi connectivity index (χ4n) is 2.87. The Morgan fingerprint density at radius 3 is 2.30 bits per heavy atom. The van der Waals surface area contributed by atoms with Crippen molar-refractivity contribution in [3.63, 3.8) is 0 Å². The van der Waals surface area contributed by atoms with E-state index in [1.807, 2.05) is 18.2 Å². The van der Waals surface area contributed by atoms with E-state index in [0.717, 1.165) is 23.7 Å². The van der Waals surface area contributed by atoms with Gasteiger partial charge in [0, 0.05) is 22.1 Å². The molecule has 0 bridgehead atoms. The van der Waals surface area contributed by atoms with Gasteiger partial charge < -0.3 is 5.73 Å². The number of halogens is 3. The zero-order chi connectivity index (χ0) is 14.0. The minimum Gasteiger partial charge on any atom is -0.328 e. The van der Waals surface area contributed by atoms with E-state index in [-0.39, 0.29) is 12.4 Å². The number of nitrogens with two attached hydrogens (primary N) is 1. The first-order valence-corrected chi connectivity index (χ1v) is 7.69. The molecule has 2 unspecified atom stereocenters. The van der Waals surface area contributed by atoms with Crippen LogP contribution in [0, 0.1) is 5.92 Å². The van der Waals surface area contributed by atoms with Crippen molar-refractivity contribution in [3.8, 4) is 0 Å². The summed E-state index contributed by atoms with van der Waals surface area (Å²) in [6.07, 6.45) is 2.35. The monoisotopic (exact) mass is 336 g/mol. The molecule has 0 aromatic heterocycles. The third-order valence-corrected chi connectivity index (χ3v) is 4.84. The molecule has 0 amide bonds. The number of rotatable bonds is 3. The first kappa shape index (κ1) is 18.1. The Morgan fingerprint density at radius 1 is 1.20 bits per heavy atom. The molecule has 0 saturated carbocycles. The Balaban J connectivity index is 0.00000200. The molecular weight excluding hydrogens is 315 g/mol. The van der Waals surface area contributed by atoms with Crippen LogP contribution in [0.1, 0.15) is 38.3 Å². The lowest BCUT2D eigenvalue weighted by atomic mass is 9.90. The summed E-state index contributed by atoms with van der Waals surface area (Å²) >= 11 is 12.2. The average Bonchev–Trinajstić information content (AvgIpc) is 2.38. The van der Waals surface area contributed by atoms with Crippen molar-refractivity contribution >= 4 is 35.6 Å². The highest BCUT2D eigenvalue weighted by atomic mass is 35.5. The maximum Gasteiger partial charge on any atom is 0.0468 e. The minimum absolute atomic E-state index is 0. The Hall–Kier alpha value is 0.01000. The van der Waals surface area contributed by atoms with Crippen molar-refractivity contribution in [1.29, 1.82) is 0 Å². The number of hydrogen-bond donors (Lipinski definition) is 1. The Morgan fingerprint density at radius 2 is 1.80 bits per heavy atom. The van der Waals surface area contributed by atoms with E-state index < -0.39 is 0 Å². The van der Waals surface area contributed by atoms with Crippen LogP contribution in [0.5, 0.6) is 0 Å². The van der Waals surface area contributed by atoms with Gasteiger partial charge in [-0.2, -0.15) is 0 Å². The quantitative estimate of drug-likeness (QED) is 0.877. The van der Waals surface area contributed by atoms with E-state index >= 15 is 0 Å². The predicted molar refractivity (Wildman–Crippen MR) is 90.1 cm³/mol. The summed E-state index contributed by atoms with van der Waals surface area (Å²) in [6, 6.07) is 6.40. The van der Waals surface area contributed by atoms with Gasteiger partial charge in [0.1, 0.15) is 0 Å². The lowest BCUT2D eigenvalue weighted by Gasteiger charge is -2.37. The molecule has 1 aromatic rings. The summed E-state index contributed by atoms with van der Waals surface area (Å²) in [5.41, 5.74) is 7.14. The van der Waals surface area contributed by atoms with Gasteiger partial charge in [0.2, 0.25) is 0 Å². The molecule has 2 rings (SSSR count). The van der Waals surface area contributed by atoms with Crippen LogP contribution >= 0.6 is 35.6 Å². The van der Waals surface area contributed by atoms with Crippen molar-refractivity contribution in [1.82, 2.24) is 4.90 Å². The highest BCUT2D eigenvalue weighted by Crippen LogP contribution is 2.32. The standard InChI is InChI=1S/C15H22Cl2N2.ClH/c1-10(18)12-5-7-19(8-6-12)11(2)14-4-3-13(16)9-15(14)17;/h3-4,9-12H,5-8,18H2,1-2H3;1H. The molecule has 1 fully saturated rings. The van der Waals surface area contributed by atoms with E-state index in [9.17, 15) is 0 Å². The number of benzene rings is 1. The third-order valence-electron chi connectivity index (χ3n) is 4.28. The Bertz CT molecular complexity index is 429. The maximum absolute atomic E-state index is 6.29. The maximum atomic E-state index is 6.29. The second kappa shape index (κ2) is 7.86. The predicted octanol–water partition coefficient (Wildman–Crippen LogP) is 4.54. The summed E-state index contributed by atoms with van der Waals surface area (Å²) in [6.45, 7) is 6.50. The molecule has 20 heavy (non-hydrogen) atoms. The van der Waals surface area contributed by atoms with E-state index in [1.54, 1.807) is 0 Å².